The average molecular weight is 272 g/mol. The second-order valence-electron chi connectivity index (χ2n) is 3.99. The molecule has 0 aromatic rings. The van der Waals surface area contributed by atoms with Gasteiger partial charge in [-0.2, -0.15) is 0 Å². The van der Waals surface area contributed by atoms with Gasteiger partial charge in [0.25, 0.3) is 0 Å². The summed E-state index contributed by atoms with van der Waals surface area (Å²) in [6, 6.07) is 0. The van der Waals surface area contributed by atoms with Crippen molar-refractivity contribution in [2.75, 3.05) is 7.05 Å². The fraction of sp³-hybridized carbons (Fsp3) is 0.615. The summed E-state index contributed by atoms with van der Waals surface area (Å²) in [5.74, 6) is 0.0992. The van der Waals surface area contributed by atoms with E-state index in [1.165, 1.54) is 7.05 Å². The van der Waals surface area contributed by atoms with Gasteiger partial charge in [-0.1, -0.05) is 26.8 Å². The van der Waals surface area contributed by atoms with E-state index in [0.717, 1.165) is 12.8 Å². The predicted molar refractivity (Wildman–Crippen MR) is 78.1 cm³/mol. The average Bonchev–Trinajstić information content (AvgIpc) is 2.37. The first-order chi connectivity index (χ1) is 8.44. The van der Waals surface area contributed by atoms with E-state index < -0.39 is 10.0 Å². The smallest absolute Gasteiger partial charge is 0.242 e. The van der Waals surface area contributed by atoms with Crippen molar-refractivity contribution in [3.05, 3.63) is 22.8 Å². The fourth-order valence-corrected chi connectivity index (χ4v) is 2.46. The van der Waals surface area contributed by atoms with Crippen LogP contribution in [0.15, 0.2) is 27.7 Å². The standard InChI is InChI=1S/C13H24N2O2S/c1-6-9-12(18(16,17)14-5)13(11(4)8-3)15-10-7-2/h6,9-11,14H,7-8H2,1-5H3/b9-6-,13-12-,15-10?. The first kappa shape index (κ1) is 17.1. The minimum Gasteiger partial charge on any atom is -0.264 e. The highest BCUT2D eigenvalue weighted by Gasteiger charge is 2.20. The van der Waals surface area contributed by atoms with Gasteiger partial charge < -0.3 is 0 Å². The molecule has 0 amide bonds. The molecule has 0 rings (SSSR count). The summed E-state index contributed by atoms with van der Waals surface area (Å²) < 4.78 is 26.4. The third-order valence-corrected chi connectivity index (χ3v) is 4.08. The molecule has 4 nitrogen and oxygen atoms in total. The molecule has 0 aliphatic carbocycles. The highest BCUT2D eigenvalue weighted by atomic mass is 32.2. The molecule has 0 spiro atoms. The van der Waals surface area contributed by atoms with Crippen LogP contribution in [0.2, 0.25) is 0 Å². The Morgan fingerprint density at radius 1 is 1.39 bits per heavy atom. The molecule has 0 heterocycles. The quantitative estimate of drug-likeness (QED) is 0.572. The molecular weight excluding hydrogens is 248 g/mol. The molecule has 0 aliphatic rings. The van der Waals surface area contributed by atoms with Gasteiger partial charge >= 0.3 is 0 Å². The van der Waals surface area contributed by atoms with Crippen molar-refractivity contribution in [2.24, 2.45) is 10.9 Å². The Bertz CT molecular complexity index is 434. The van der Waals surface area contributed by atoms with E-state index in [4.69, 9.17) is 0 Å². The molecular formula is C13H24N2O2S. The third kappa shape index (κ3) is 4.74. The Labute approximate surface area is 111 Å². The lowest BCUT2D eigenvalue weighted by Gasteiger charge is -2.14. The maximum atomic E-state index is 12.0. The molecule has 104 valence electrons. The highest BCUT2D eigenvalue weighted by molar-refractivity contribution is 7.93. The van der Waals surface area contributed by atoms with Gasteiger partial charge in [0.1, 0.15) is 4.91 Å². The largest absolute Gasteiger partial charge is 0.264 e. The number of rotatable bonds is 7. The van der Waals surface area contributed by atoms with E-state index in [9.17, 15) is 8.42 Å². The Hall–Kier alpha value is -0.940. The second-order valence-corrected chi connectivity index (χ2v) is 5.84. The second kappa shape index (κ2) is 8.21. The normalized spacial score (nSPS) is 16.3. The van der Waals surface area contributed by atoms with E-state index in [1.54, 1.807) is 25.3 Å². The lowest BCUT2D eigenvalue weighted by molar-refractivity contribution is 0.591. The summed E-state index contributed by atoms with van der Waals surface area (Å²) in [6.45, 7) is 7.77. The van der Waals surface area contributed by atoms with E-state index >= 15 is 0 Å². The number of hydrogen-bond acceptors (Lipinski definition) is 3. The number of aliphatic imine (C=N–C) groups is 1. The molecule has 5 heteroatoms. The van der Waals surface area contributed by atoms with Crippen molar-refractivity contribution in [1.29, 1.82) is 0 Å². The molecule has 0 fully saturated rings. The van der Waals surface area contributed by atoms with Gasteiger partial charge in [-0.15, -0.1) is 0 Å². The predicted octanol–water partition coefficient (Wildman–Crippen LogP) is 2.85. The van der Waals surface area contributed by atoms with Crippen LogP contribution in [0.25, 0.3) is 0 Å². The molecule has 0 saturated heterocycles. The molecule has 1 atom stereocenters. The number of nitrogens with zero attached hydrogens (tertiary/aromatic N) is 1. The molecule has 0 bridgehead atoms. The van der Waals surface area contributed by atoms with Crippen molar-refractivity contribution in [1.82, 2.24) is 4.72 Å². The van der Waals surface area contributed by atoms with Crippen LogP contribution in [0.3, 0.4) is 0 Å². The van der Waals surface area contributed by atoms with Crippen molar-refractivity contribution >= 4 is 16.2 Å². The lowest BCUT2D eigenvalue weighted by Crippen LogP contribution is -2.22. The monoisotopic (exact) mass is 272 g/mol. The van der Waals surface area contributed by atoms with Crippen LogP contribution in [0.4, 0.5) is 0 Å². The minimum absolute atomic E-state index is 0.0992. The summed E-state index contributed by atoms with van der Waals surface area (Å²) in [5.41, 5.74) is 0.617. The van der Waals surface area contributed by atoms with Crippen molar-refractivity contribution in [2.45, 2.75) is 40.5 Å². The van der Waals surface area contributed by atoms with Crippen LogP contribution in [-0.2, 0) is 10.0 Å². The van der Waals surface area contributed by atoms with E-state index in [2.05, 4.69) is 9.71 Å². The molecule has 1 N–H and O–H groups in total. The lowest BCUT2D eigenvalue weighted by atomic mass is 10.0. The first-order valence-corrected chi connectivity index (χ1v) is 7.75. The zero-order chi connectivity index (χ0) is 14.2. The van der Waals surface area contributed by atoms with Gasteiger partial charge in [0, 0.05) is 6.21 Å². The van der Waals surface area contributed by atoms with Crippen LogP contribution in [0.1, 0.15) is 40.5 Å². The van der Waals surface area contributed by atoms with Gasteiger partial charge in [-0.05, 0) is 38.8 Å². The first-order valence-electron chi connectivity index (χ1n) is 6.27. The Morgan fingerprint density at radius 3 is 2.39 bits per heavy atom. The zero-order valence-corrected chi connectivity index (χ0v) is 12.7. The molecule has 0 radical (unpaired) electrons. The molecule has 0 saturated carbocycles. The maximum absolute atomic E-state index is 12.0. The number of nitrogens with one attached hydrogen (secondary N) is 1. The highest BCUT2D eigenvalue weighted by Crippen LogP contribution is 2.24. The Balaban J connectivity index is 5.94. The van der Waals surface area contributed by atoms with Gasteiger partial charge in [0.05, 0.1) is 5.70 Å². The summed E-state index contributed by atoms with van der Waals surface area (Å²) in [5, 5.41) is 0. The summed E-state index contributed by atoms with van der Waals surface area (Å²) in [4.78, 5) is 4.59. The van der Waals surface area contributed by atoms with Gasteiger partial charge in [0.15, 0.2) is 0 Å². The topological polar surface area (TPSA) is 58.5 Å². The minimum atomic E-state index is -3.48. The fourth-order valence-electron chi connectivity index (χ4n) is 1.39. The van der Waals surface area contributed by atoms with E-state index in [0.29, 0.717) is 5.70 Å². The SMILES string of the molecule is C/C=C\C(=C(\N=CCC)C(C)CC)S(=O)(=O)NC. The molecule has 18 heavy (non-hydrogen) atoms. The van der Waals surface area contributed by atoms with Crippen molar-refractivity contribution in [3.8, 4) is 0 Å². The molecule has 1 unspecified atom stereocenters. The van der Waals surface area contributed by atoms with Crippen LogP contribution in [0.5, 0.6) is 0 Å². The van der Waals surface area contributed by atoms with E-state index in [1.807, 2.05) is 20.8 Å². The third-order valence-electron chi connectivity index (χ3n) is 2.62. The van der Waals surface area contributed by atoms with Gasteiger partial charge in [0.2, 0.25) is 10.0 Å². The van der Waals surface area contributed by atoms with Crippen LogP contribution < -0.4 is 4.72 Å². The molecule has 0 aromatic carbocycles. The van der Waals surface area contributed by atoms with Crippen molar-refractivity contribution in [3.63, 3.8) is 0 Å². The molecule has 0 aliphatic heterocycles. The summed E-state index contributed by atoms with van der Waals surface area (Å²) in [7, 11) is -2.06. The number of allylic oxidation sites excluding steroid dienone is 3. The Morgan fingerprint density at radius 2 is 2.00 bits per heavy atom. The maximum Gasteiger partial charge on any atom is 0.242 e. The van der Waals surface area contributed by atoms with Gasteiger partial charge in [-0.3, -0.25) is 4.99 Å². The van der Waals surface area contributed by atoms with Crippen LogP contribution >= 0.6 is 0 Å². The Kier molecular flexibility index (Phi) is 7.78. The molecule has 0 aromatic heterocycles. The summed E-state index contributed by atoms with van der Waals surface area (Å²) >= 11 is 0. The van der Waals surface area contributed by atoms with Crippen molar-refractivity contribution < 1.29 is 8.42 Å². The summed E-state index contributed by atoms with van der Waals surface area (Å²) in [6.07, 6.45) is 6.68. The van der Waals surface area contributed by atoms with E-state index in [-0.39, 0.29) is 10.8 Å². The van der Waals surface area contributed by atoms with Crippen LogP contribution in [0, 0.1) is 5.92 Å². The van der Waals surface area contributed by atoms with Gasteiger partial charge in [-0.25, -0.2) is 13.1 Å². The zero-order valence-electron chi connectivity index (χ0n) is 11.9. The number of hydrogen-bond donors (Lipinski definition) is 1. The van der Waals surface area contributed by atoms with Crippen LogP contribution in [-0.4, -0.2) is 21.7 Å². The number of sulfonamides is 1.